The highest BCUT2D eigenvalue weighted by molar-refractivity contribution is 5.90. The van der Waals surface area contributed by atoms with Gasteiger partial charge in [0.15, 0.2) is 0 Å². The summed E-state index contributed by atoms with van der Waals surface area (Å²) >= 11 is 0. The lowest BCUT2D eigenvalue weighted by Gasteiger charge is -2.37. The third-order valence-corrected chi connectivity index (χ3v) is 4.63. The molecule has 1 saturated heterocycles. The first-order valence-electron chi connectivity index (χ1n) is 8.76. The zero-order chi connectivity index (χ0) is 18.4. The number of carboxylic acids is 1. The Hall–Kier alpha value is -2.79. The number of hydrogen-bond donors (Lipinski definition) is 1. The van der Waals surface area contributed by atoms with Crippen LogP contribution in [0.1, 0.15) is 5.56 Å². The van der Waals surface area contributed by atoms with Gasteiger partial charge in [0.1, 0.15) is 5.75 Å². The lowest BCUT2D eigenvalue weighted by Crippen LogP contribution is -2.46. The summed E-state index contributed by atoms with van der Waals surface area (Å²) in [5.74, 6) is -0.0202. The maximum atomic E-state index is 11.2. The molecule has 1 heterocycles. The molecule has 0 unspecified atom stereocenters. The molecular weight excluding hydrogens is 328 g/mol. The highest BCUT2D eigenvalue weighted by Crippen LogP contribution is 2.28. The van der Waals surface area contributed by atoms with Crippen molar-refractivity contribution in [1.29, 1.82) is 0 Å². The van der Waals surface area contributed by atoms with Gasteiger partial charge in [-0.2, -0.15) is 0 Å². The highest BCUT2D eigenvalue weighted by Gasteiger charge is 2.20. The Balaban J connectivity index is 1.66. The molecule has 26 heavy (non-hydrogen) atoms. The summed E-state index contributed by atoms with van der Waals surface area (Å²) < 4.78 is 5.46. The zero-order valence-electron chi connectivity index (χ0n) is 15.0. The molecule has 0 spiro atoms. The van der Waals surface area contributed by atoms with Crippen LogP contribution in [-0.4, -0.2) is 55.8 Å². The van der Waals surface area contributed by atoms with E-state index in [0.717, 1.165) is 48.8 Å². The van der Waals surface area contributed by atoms with Crippen molar-refractivity contribution < 1.29 is 14.6 Å². The summed E-state index contributed by atoms with van der Waals surface area (Å²) in [6, 6.07) is 17.8. The van der Waals surface area contributed by atoms with Gasteiger partial charge in [0.05, 0.1) is 12.8 Å². The fourth-order valence-electron chi connectivity index (χ4n) is 3.30. The molecule has 136 valence electrons. The standard InChI is InChI=1S/C21H24N2O3/c1-26-20-10-6-5-9-19(20)23-13-11-22(12-14-23)16-18(15-21(24)25)17-7-3-2-4-8-17/h2-10,15H,11-14,16H2,1H3,(H,24,25). The normalized spacial score (nSPS) is 15.7. The van der Waals surface area contributed by atoms with Crippen molar-refractivity contribution in [2.45, 2.75) is 0 Å². The molecule has 3 rings (SSSR count). The smallest absolute Gasteiger partial charge is 0.328 e. The second-order valence-electron chi connectivity index (χ2n) is 6.31. The zero-order valence-corrected chi connectivity index (χ0v) is 15.0. The van der Waals surface area contributed by atoms with Gasteiger partial charge < -0.3 is 14.7 Å². The van der Waals surface area contributed by atoms with E-state index in [9.17, 15) is 9.90 Å². The lowest BCUT2D eigenvalue weighted by atomic mass is 10.0. The number of piperazine rings is 1. The summed E-state index contributed by atoms with van der Waals surface area (Å²) in [4.78, 5) is 15.8. The number of methoxy groups -OCH3 is 1. The van der Waals surface area contributed by atoms with Crippen molar-refractivity contribution in [3.05, 3.63) is 66.2 Å². The number of para-hydroxylation sites is 2. The molecule has 0 atom stereocenters. The number of carboxylic acid groups (broad SMARTS) is 1. The summed E-state index contributed by atoms with van der Waals surface area (Å²) in [7, 11) is 1.69. The molecule has 2 aromatic rings. The monoisotopic (exact) mass is 352 g/mol. The Morgan fingerprint density at radius 1 is 1.04 bits per heavy atom. The predicted octanol–water partition coefficient (Wildman–Crippen LogP) is 2.99. The van der Waals surface area contributed by atoms with Crippen molar-refractivity contribution in [3.8, 4) is 5.75 Å². The second kappa shape index (κ2) is 8.54. The third-order valence-electron chi connectivity index (χ3n) is 4.63. The molecule has 1 aliphatic rings. The van der Waals surface area contributed by atoms with E-state index in [1.807, 2.05) is 48.5 Å². The summed E-state index contributed by atoms with van der Waals surface area (Å²) in [5.41, 5.74) is 2.91. The number of hydrogen-bond acceptors (Lipinski definition) is 4. The average molecular weight is 352 g/mol. The van der Waals surface area contributed by atoms with Crippen molar-refractivity contribution in [2.75, 3.05) is 44.7 Å². The maximum Gasteiger partial charge on any atom is 0.328 e. The molecule has 5 nitrogen and oxygen atoms in total. The highest BCUT2D eigenvalue weighted by atomic mass is 16.5. The maximum absolute atomic E-state index is 11.2. The fraction of sp³-hybridized carbons (Fsp3) is 0.286. The first kappa shape index (κ1) is 18.0. The Morgan fingerprint density at radius 2 is 1.69 bits per heavy atom. The van der Waals surface area contributed by atoms with Crippen LogP contribution in [0, 0.1) is 0 Å². The largest absolute Gasteiger partial charge is 0.495 e. The molecule has 0 amide bonds. The topological polar surface area (TPSA) is 53.0 Å². The molecule has 0 bridgehead atoms. The van der Waals surface area contributed by atoms with Gasteiger partial charge in [-0.25, -0.2) is 4.79 Å². The minimum atomic E-state index is -0.906. The lowest BCUT2D eigenvalue weighted by molar-refractivity contribution is -0.131. The van der Waals surface area contributed by atoms with Gasteiger partial charge in [-0.05, 0) is 23.3 Å². The quantitative estimate of drug-likeness (QED) is 0.810. The molecule has 1 N–H and O–H groups in total. The van der Waals surface area contributed by atoms with Crippen LogP contribution in [-0.2, 0) is 4.79 Å². The van der Waals surface area contributed by atoms with Crippen LogP contribution in [0.15, 0.2) is 60.7 Å². The van der Waals surface area contributed by atoms with E-state index in [-0.39, 0.29) is 0 Å². The van der Waals surface area contributed by atoms with E-state index in [1.165, 1.54) is 6.08 Å². The van der Waals surface area contributed by atoms with Gasteiger partial charge in [0, 0.05) is 38.8 Å². The van der Waals surface area contributed by atoms with E-state index < -0.39 is 5.97 Å². The van der Waals surface area contributed by atoms with Gasteiger partial charge in [-0.15, -0.1) is 0 Å². The fourth-order valence-corrected chi connectivity index (χ4v) is 3.30. The van der Waals surface area contributed by atoms with E-state index in [2.05, 4.69) is 15.9 Å². The van der Waals surface area contributed by atoms with Crippen molar-refractivity contribution in [1.82, 2.24) is 4.90 Å². The molecule has 2 aromatic carbocycles. The van der Waals surface area contributed by atoms with Crippen molar-refractivity contribution >= 4 is 17.2 Å². The average Bonchev–Trinajstić information content (AvgIpc) is 2.68. The number of anilines is 1. The number of aliphatic carboxylic acids is 1. The number of rotatable bonds is 6. The number of nitrogens with zero attached hydrogens (tertiary/aromatic N) is 2. The van der Waals surface area contributed by atoms with Crippen molar-refractivity contribution in [2.24, 2.45) is 0 Å². The van der Waals surface area contributed by atoms with Crippen LogP contribution in [0.5, 0.6) is 5.75 Å². The minimum absolute atomic E-state index is 0.635. The van der Waals surface area contributed by atoms with Crippen LogP contribution in [0.2, 0.25) is 0 Å². The first-order valence-corrected chi connectivity index (χ1v) is 8.76. The Labute approximate surface area is 154 Å². The van der Waals surface area contributed by atoms with Crippen LogP contribution >= 0.6 is 0 Å². The van der Waals surface area contributed by atoms with Gasteiger partial charge in [0.2, 0.25) is 0 Å². The van der Waals surface area contributed by atoms with Crippen LogP contribution in [0.4, 0.5) is 5.69 Å². The molecule has 1 aliphatic heterocycles. The Kier molecular flexibility index (Phi) is 5.92. The van der Waals surface area contributed by atoms with E-state index >= 15 is 0 Å². The minimum Gasteiger partial charge on any atom is -0.495 e. The number of ether oxygens (including phenoxy) is 1. The van der Waals surface area contributed by atoms with Gasteiger partial charge >= 0.3 is 5.97 Å². The Bertz CT molecular complexity index is 766. The molecule has 0 radical (unpaired) electrons. The summed E-state index contributed by atoms with van der Waals surface area (Å²) in [6.45, 7) is 4.16. The van der Waals surface area contributed by atoms with E-state index in [4.69, 9.17) is 4.74 Å². The second-order valence-corrected chi connectivity index (χ2v) is 6.31. The molecule has 0 saturated carbocycles. The van der Waals surface area contributed by atoms with Crippen LogP contribution in [0.3, 0.4) is 0 Å². The van der Waals surface area contributed by atoms with E-state index in [1.54, 1.807) is 7.11 Å². The van der Waals surface area contributed by atoms with Crippen molar-refractivity contribution in [3.63, 3.8) is 0 Å². The summed E-state index contributed by atoms with van der Waals surface area (Å²) in [5, 5.41) is 9.21. The SMILES string of the molecule is COc1ccccc1N1CCN(CC(=CC(=O)O)c2ccccc2)CC1. The number of benzene rings is 2. The molecular formula is C21H24N2O3. The third kappa shape index (κ3) is 4.43. The predicted molar refractivity (Wildman–Crippen MR) is 104 cm³/mol. The summed E-state index contributed by atoms with van der Waals surface area (Å²) in [6.07, 6.45) is 1.32. The molecule has 1 fully saturated rings. The van der Waals surface area contributed by atoms with Crippen LogP contribution < -0.4 is 9.64 Å². The van der Waals surface area contributed by atoms with E-state index in [0.29, 0.717) is 6.54 Å². The molecule has 0 aromatic heterocycles. The van der Waals surface area contributed by atoms with Gasteiger partial charge in [-0.3, -0.25) is 4.90 Å². The van der Waals surface area contributed by atoms with Crippen LogP contribution in [0.25, 0.3) is 5.57 Å². The van der Waals surface area contributed by atoms with Gasteiger partial charge in [0.25, 0.3) is 0 Å². The molecule has 5 heteroatoms. The first-order chi connectivity index (χ1) is 12.7. The van der Waals surface area contributed by atoms with Gasteiger partial charge in [-0.1, -0.05) is 42.5 Å². The Morgan fingerprint density at radius 3 is 2.35 bits per heavy atom. The molecule has 0 aliphatic carbocycles. The number of carbonyl (C=O) groups is 1.